The van der Waals surface area contributed by atoms with E-state index >= 15 is 0 Å². The average molecular weight is 355 g/mol. The Morgan fingerprint density at radius 1 is 1.08 bits per heavy atom. The number of anilines is 1. The average Bonchev–Trinajstić information content (AvgIpc) is 2.90. The van der Waals surface area contributed by atoms with Crippen LogP contribution in [0.15, 0.2) is 36.4 Å². The summed E-state index contributed by atoms with van der Waals surface area (Å²) in [5, 5.41) is 6.59. The first-order valence-electron chi connectivity index (χ1n) is 7.49. The second-order valence-corrected chi connectivity index (χ2v) is 7.14. The minimum Gasteiger partial charge on any atom is -0.308 e. The minimum atomic E-state index is -0.229. The van der Waals surface area contributed by atoms with Crippen LogP contribution in [0.1, 0.15) is 27.0 Å². The number of aromatic nitrogens is 1. The van der Waals surface area contributed by atoms with Gasteiger partial charge in [0.1, 0.15) is 0 Å². The molecule has 0 unspecified atom stereocenters. The molecule has 0 atom stereocenters. The van der Waals surface area contributed by atoms with E-state index in [1.54, 1.807) is 6.07 Å². The first kappa shape index (κ1) is 16.5. The molecule has 24 heavy (non-hydrogen) atoms. The summed E-state index contributed by atoms with van der Waals surface area (Å²) in [6.07, 6.45) is 0. The molecule has 122 valence electrons. The number of fused-ring (bicyclic) bond motifs is 1. The summed E-state index contributed by atoms with van der Waals surface area (Å²) in [6, 6.07) is 11.6. The van der Waals surface area contributed by atoms with Gasteiger partial charge in [0.05, 0.1) is 10.2 Å². The molecular weight excluding hydrogens is 338 g/mol. The van der Waals surface area contributed by atoms with Crippen molar-refractivity contribution in [1.82, 2.24) is 10.3 Å². The van der Waals surface area contributed by atoms with Crippen LogP contribution in [0, 0.1) is 20.8 Å². The van der Waals surface area contributed by atoms with Crippen molar-refractivity contribution in [3.05, 3.63) is 58.7 Å². The maximum Gasteiger partial charge on any atom is 0.257 e. The van der Waals surface area contributed by atoms with E-state index in [9.17, 15) is 4.79 Å². The number of thiocarbonyl (C=S) groups is 1. The second kappa shape index (κ2) is 6.67. The van der Waals surface area contributed by atoms with Gasteiger partial charge in [0.2, 0.25) is 0 Å². The SMILES string of the molecule is Cc1ccc2nc(NC(=S)NC(=O)c3ccc(C)c(C)c3)sc2c1. The number of hydrogen-bond donors (Lipinski definition) is 2. The van der Waals surface area contributed by atoms with Crippen LogP contribution < -0.4 is 10.6 Å². The quantitative estimate of drug-likeness (QED) is 0.671. The lowest BCUT2D eigenvalue weighted by Gasteiger charge is -2.08. The van der Waals surface area contributed by atoms with Crippen LogP contribution in [0.5, 0.6) is 0 Å². The first-order chi connectivity index (χ1) is 11.4. The van der Waals surface area contributed by atoms with Crippen LogP contribution >= 0.6 is 23.6 Å². The Morgan fingerprint density at radius 2 is 1.88 bits per heavy atom. The van der Waals surface area contributed by atoms with Crippen LogP contribution in [0.3, 0.4) is 0 Å². The largest absolute Gasteiger partial charge is 0.308 e. The minimum absolute atomic E-state index is 0.229. The Labute approximate surface area is 149 Å². The molecule has 2 N–H and O–H groups in total. The second-order valence-electron chi connectivity index (χ2n) is 5.70. The Morgan fingerprint density at radius 3 is 2.62 bits per heavy atom. The number of benzene rings is 2. The number of carbonyl (C=O) groups excluding carboxylic acids is 1. The molecule has 0 bridgehead atoms. The van der Waals surface area contributed by atoms with Crippen LogP contribution in [-0.4, -0.2) is 16.0 Å². The van der Waals surface area contributed by atoms with Crippen molar-refractivity contribution in [1.29, 1.82) is 0 Å². The Hall–Kier alpha value is -2.31. The van der Waals surface area contributed by atoms with Gasteiger partial charge < -0.3 is 5.32 Å². The van der Waals surface area contributed by atoms with E-state index in [4.69, 9.17) is 12.2 Å². The highest BCUT2D eigenvalue weighted by atomic mass is 32.1. The molecule has 6 heteroatoms. The number of hydrogen-bond acceptors (Lipinski definition) is 4. The standard InChI is InChI=1S/C18H17N3OS2/c1-10-4-7-14-15(8-10)24-18(19-14)21-17(23)20-16(22)13-6-5-11(2)12(3)9-13/h4-9H,1-3H3,(H2,19,20,21,22,23). The molecule has 0 fully saturated rings. The van der Waals surface area contributed by atoms with Crippen molar-refractivity contribution in [2.24, 2.45) is 0 Å². The fraction of sp³-hybridized carbons (Fsp3) is 0.167. The van der Waals surface area contributed by atoms with Crippen molar-refractivity contribution in [2.75, 3.05) is 5.32 Å². The number of rotatable bonds is 2. The molecule has 1 aromatic heterocycles. The summed E-state index contributed by atoms with van der Waals surface area (Å²) >= 11 is 6.73. The predicted octanol–water partition coefficient (Wildman–Crippen LogP) is 4.35. The number of nitrogens with one attached hydrogen (secondary N) is 2. The third-order valence-corrected chi connectivity index (χ3v) is 4.90. The van der Waals surface area contributed by atoms with Crippen LogP contribution in [0.2, 0.25) is 0 Å². The maximum atomic E-state index is 12.3. The lowest BCUT2D eigenvalue weighted by atomic mass is 10.1. The van der Waals surface area contributed by atoms with Gasteiger partial charge in [-0.15, -0.1) is 0 Å². The van der Waals surface area contributed by atoms with E-state index in [0.717, 1.165) is 21.3 Å². The lowest BCUT2D eigenvalue weighted by molar-refractivity contribution is 0.0977. The third kappa shape index (κ3) is 3.60. The van der Waals surface area contributed by atoms with Gasteiger partial charge in [-0.2, -0.15) is 0 Å². The predicted molar refractivity (Wildman–Crippen MR) is 104 cm³/mol. The summed E-state index contributed by atoms with van der Waals surface area (Å²) in [7, 11) is 0. The molecule has 2 aromatic carbocycles. The lowest BCUT2D eigenvalue weighted by Crippen LogP contribution is -2.34. The van der Waals surface area contributed by atoms with Crippen LogP contribution in [0.4, 0.5) is 5.13 Å². The monoisotopic (exact) mass is 355 g/mol. The molecule has 0 saturated heterocycles. The molecule has 1 amide bonds. The Bertz CT molecular complexity index is 947. The fourth-order valence-corrected chi connectivity index (χ4v) is 3.49. The van der Waals surface area contributed by atoms with E-state index in [-0.39, 0.29) is 11.0 Å². The van der Waals surface area contributed by atoms with Gasteiger partial charge in [-0.25, -0.2) is 4.98 Å². The van der Waals surface area contributed by atoms with Gasteiger partial charge in [-0.05, 0) is 73.9 Å². The molecule has 0 aliphatic heterocycles. The smallest absolute Gasteiger partial charge is 0.257 e. The Balaban J connectivity index is 1.69. The zero-order valence-electron chi connectivity index (χ0n) is 13.6. The van der Waals surface area contributed by atoms with Crippen molar-refractivity contribution in [2.45, 2.75) is 20.8 Å². The van der Waals surface area contributed by atoms with Gasteiger partial charge in [0, 0.05) is 5.56 Å². The maximum absolute atomic E-state index is 12.3. The van der Waals surface area contributed by atoms with Crippen molar-refractivity contribution in [3.63, 3.8) is 0 Å². The molecular formula is C18H17N3OS2. The molecule has 0 saturated carbocycles. The highest BCUT2D eigenvalue weighted by Crippen LogP contribution is 2.26. The van der Waals surface area contributed by atoms with E-state index < -0.39 is 0 Å². The van der Waals surface area contributed by atoms with Crippen LogP contribution in [-0.2, 0) is 0 Å². The number of amides is 1. The van der Waals surface area contributed by atoms with E-state index in [0.29, 0.717) is 10.7 Å². The van der Waals surface area contributed by atoms with Crippen molar-refractivity contribution < 1.29 is 4.79 Å². The van der Waals surface area contributed by atoms with E-state index in [2.05, 4.69) is 21.7 Å². The van der Waals surface area contributed by atoms with Gasteiger partial charge >= 0.3 is 0 Å². The van der Waals surface area contributed by atoms with Crippen molar-refractivity contribution >= 4 is 49.9 Å². The van der Waals surface area contributed by atoms with E-state index in [1.807, 2.05) is 45.0 Å². The van der Waals surface area contributed by atoms with Gasteiger partial charge in [-0.1, -0.05) is 23.5 Å². The third-order valence-electron chi connectivity index (χ3n) is 3.76. The fourth-order valence-electron chi connectivity index (χ4n) is 2.27. The number of aryl methyl sites for hydroxylation is 3. The molecule has 0 spiro atoms. The molecule has 4 nitrogen and oxygen atoms in total. The number of carbonyl (C=O) groups is 1. The normalized spacial score (nSPS) is 10.6. The highest BCUT2D eigenvalue weighted by Gasteiger charge is 2.11. The zero-order valence-corrected chi connectivity index (χ0v) is 15.3. The molecule has 0 aliphatic rings. The number of nitrogens with zero attached hydrogens (tertiary/aromatic N) is 1. The summed E-state index contributed by atoms with van der Waals surface area (Å²) in [5.41, 5.74) is 4.90. The van der Waals surface area contributed by atoms with Crippen LogP contribution in [0.25, 0.3) is 10.2 Å². The van der Waals surface area contributed by atoms with E-state index in [1.165, 1.54) is 16.9 Å². The van der Waals surface area contributed by atoms with Gasteiger partial charge in [-0.3, -0.25) is 10.1 Å². The summed E-state index contributed by atoms with van der Waals surface area (Å²) in [5.74, 6) is -0.229. The molecule has 3 aromatic rings. The van der Waals surface area contributed by atoms with Crippen molar-refractivity contribution in [3.8, 4) is 0 Å². The Kier molecular flexibility index (Phi) is 4.59. The molecule has 3 rings (SSSR count). The summed E-state index contributed by atoms with van der Waals surface area (Å²) in [6.45, 7) is 6.03. The highest BCUT2D eigenvalue weighted by molar-refractivity contribution is 7.80. The summed E-state index contributed by atoms with van der Waals surface area (Å²) < 4.78 is 1.08. The zero-order chi connectivity index (χ0) is 17.3. The van der Waals surface area contributed by atoms with Gasteiger partial charge in [0.25, 0.3) is 5.91 Å². The molecule has 0 radical (unpaired) electrons. The molecule has 1 heterocycles. The molecule has 0 aliphatic carbocycles. The summed E-state index contributed by atoms with van der Waals surface area (Å²) in [4.78, 5) is 16.7. The number of thiazole rings is 1. The van der Waals surface area contributed by atoms with Gasteiger partial charge in [0.15, 0.2) is 10.2 Å². The topological polar surface area (TPSA) is 54.0 Å². The first-order valence-corrected chi connectivity index (χ1v) is 8.71.